The highest BCUT2D eigenvalue weighted by Crippen LogP contribution is 2.36. The Morgan fingerprint density at radius 3 is 3.05 bits per heavy atom. The van der Waals surface area contributed by atoms with Crippen LogP contribution in [0.3, 0.4) is 0 Å². The van der Waals surface area contributed by atoms with Crippen LogP contribution in [0.5, 0.6) is 0 Å². The smallest absolute Gasteiger partial charge is 0.236 e. The van der Waals surface area contributed by atoms with E-state index in [4.69, 9.17) is 0 Å². The molecular weight excluding hydrogens is 322 g/mol. The summed E-state index contributed by atoms with van der Waals surface area (Å²) < 4.78 is 1.80. The quantitative estimate of drug-likeness (QED) is 0.734. The van der Waals surface area contributed by atoms with E-state index in [1.807, 2.05) is 0 Å². The van der Waals surface area contributed by atoms with Crippen molar-refractivity contribution in [1.82, 2.24) is 30.4 Å². The molecule has 3 rings (SSSR count). The van der Waals surface area contributed by atoms with Crippen molar-refractivity contribution in [2.24, 2.45) is 0 Å². The Labute approximate surface area is 136 Å². The van der Waals surface area contributed by atoms with Gasteiger partial charge in [0, 0.05) is 6.42 Å². The fraction of sp³-hybridized carbons (Fsp3) is 0.667. The zero-order valence-corrected chi connectivity index (χ0v) is 13.9. The van der Waals surface area contributed by atoms with E-state index in [0.717, 1.165) is 37.1 Å². The molecule has 0 unspecified atom stereocenters. The van der Waals surface area contributed by atoms with E-state index in [9.17, 15) is 4.79 Å². The minimum atomic E-state index is -0.117. The van der Waals surface area contributed by atoms with Gasteiger partial charge in [-0.1, -0.05) is 36.4 Å². The van der Waals surface area contributed by atoms with Gasteiger partial charge in [-0.05, 0) is 29.7 Å². The molecule has 1 saturated carbocycles. The standard InChI is InChI=1S/C12H17N7OS2/c1-2-3-4-10-14-15-11(22-10)13-9(20)7-21-12-16-17-18-19(12)8-5-6-8/h8H,2-7H2,1H3,(H,13,15,20). The van der Waals surface area contributed by atoms with Crippen molar-refractivity contribution in [3.8, 4) is 0 Å². The molecule has 0 radical (unpaired) electrons. The molecule has 1 aliphatic carbocycles. The Morgan fingerprint density at radius 1 is 1.41 bits per heavy atom. The van der Waals surface area contributed by atoms with Crippen molar-refractivity contribution >= 4 is 34.1 Å². The van der Waals surface area contributed by atoms with Crippen LogP contribution >= 0.6 is 23.1 Å². The number of rotatable bonds is 8. The van der Waals surface area contributed by atoms with Gasteiger partial charge in [0.25, 0.3) is 0 Å². The summed E-state index contributed by atoms with van der Waals surface area (Å²) in [7, 11) is 0. The number of carbonyl (C=O) groups is 1. The predicted octanol–water partition coefficient (Wildman–Crippen LogP) is 1.93. The Bertz CT molecular complexity index is 637. The van der Waals surface area contributed by atoms with E-state index >= 15 is 0 Å². The molecule has 0 bridgehead atoms. The topological polar surface area (TPSA) is 98.5 Å². The maximum atomic E-state index is 12.0. The van der Waals surface area contributed by atoms with Crippen LogP contribution < -0.4 is 5.32 Å². The molecule has 2 aromatic rings. The third-order valence-corrected chi connectivity index (χ3v) is 4.98. The van der Waals surface area contributed by atoms with Crippen LogP contribution in [0, 0.1) is 0 Å². The second kappa shape index (κ2) is 7.14. The highest BCUT2D eigenvalue weighted by atomic mass is 32.2. The lowest BCUT2D eigenvalue weighted by Crippen LogP contribution is -2.14. The first-order valence-electron chi connectivity index (χ1n) is 7.29. The number of aryl methyl sites for hydroxylation is 1. The molecule has 22 heavy (non-hydrogen) atoms. The second-order valence-corrected chi connectivity index (χ2v) is 7.08. The number of carbonyl (C=O) groups excluding carboxylic acids is 1. The summed E-state index contributed by atoms with van der Waals surface area (Å²) >= 11 is 2.77. The van der Waals surface area contributed by atoms with Crippen LogP contribution in [0.1, 0.15) is 43.7 Å². The van der Waals surface area contributed by atoms with Gasteiger partial charge in [0.15, 0.2) is 0 Å². The van der Waals surface area contributed by atoms with Crippen LogP contribution in [0.2, 0.25) is 0 Å². The fourth-order valence-electron chi connectivity index (χ4n) is 1.85. The minimum absolute atomic E-state index is 0.117. The van der Waals surface area contributed by atoms with Crippen LogP contribution in [0.4, 0.5) is 5.13 Å². The highest BCUT2D eigenvalue weighted by molar-refractivity contribution is 7.99. The average molecular weight is 339 g/mol. The number of thioether (sulfide) groups is 1. The van der Waals surface area contributed by atoms with Gasteiger partial charge in [-0.3, -0.25) is 10.1 Å². The molecule has 0 aromatic carbocycles. The van der Waals surface area contributed by atoms with E-state index < -0.39 is 0 Å². The summed E-state index contributed by atoms with van der Waals surface area (Å²) in [6, 6.07) is 0.407. The Morgan fingerprint density at radius 2 is 2.27 bits per heavy atom. The number of aromatic nitrogens is 6. The van der Waals surface area contributed by atoms with Gasteiger partial charge in [0.1, 0.15) is 5.01 Å². The van der Waals surface area contributed by atoms with E-state index in [0.29, 0.717) is 16.3 Å². The molecule has 1 amide bonds. The molecule has 0 saturated heterocycles. The number of hydrogen-bond donors (Lipinski definition) is 1. The third kappa shape index (κ3) is 4.01. The number of unbranched alkanes of at least 4 members (excludes halogenated alkanes) is 1. The van der Waals surface area contributed by atoms with Gasteiger partial charge in [-0.2, -0.15) is 0 Å². The Hall–Kier alpha value is -1.55. The third-order valence-electron chi connectivity index (χ3n) is 3.15. The minimum Gasteiger partial charge on any atom is -0.300 e. The molecule has 118 valence electrons. The van der Waals surface area contributed by atoms with Crippen LogP contribution in [-0.4, -0.2) is 42.1 Å². The summed E-state index contributed by atoms with van der Waals surface area (Å²) in [6.45, 7) is 2.14. The van der Waals surface area contributed by atoms with Crippen molar-refractivity contribution in [3.63, 3.8) is 0 Å². The van der Waals surface area contributed by atoms with Crippen molar-refractivity contribution < 1.29 is 4.79 Å². The van der Waals surface area contributed by atoms with Crippen LogP contribution in [-0.2, 0) is 11.2 Å². The predicted molar refractivity (Wildman–Crippen MR) is 84.0 cm³/mol. The summed E-state index contributed by atoms with van der Waals surface area (Å²) in [6.07, 6.45) is 5.33. The molecular formula is C12H17N7OS2. The van der Waals surface area contributed by atoms with Crippen molar-refractivity contribution in [2.75, 3.05) is 11.1 Å². The summed E-state index contributed by atoms with van der Waals surface area (Å²) in [5.41, 5.74) is 0. The summed E-state index contributed by atoms with van der Waals surface area (Å²) in [4.78, 5) is 12.0. The zero-order valence-electron chi connectivity index (χ0n) is 12.2. The summed E-state index contributed by atoms with van der Waals surface area (Å²) in [5, 5.41) is 24.6. The molecule has 0 atom stereocenters. The normalized spacial score (nSPS) is 14.2. The maximum absolute atomic E-state index is 12.0. The Balaban J connectivity index is 1.47. The first kappa shape index (κ1) is 15.3. The molecule has 2 heterocycles. The molecule has 2 aromatic heterocycles. The Kier molecular flexibility index (Phi) is 4.98. The fourth-order valence-corrected chi connectivity index (χ4v) is 3.39. The van der Waals surface area contributed by atoms with Crippen molar-refractivity contribution in [1.29, 1.82) is 0 Å². The number of nitrogens with one attached hydrogen (secondary N) is 1. The molecule has 10 heteroatoms. The molecule has 0 spiro atoms. The lowest BCUT2D eigenvalue weighted by molar-refractivity contribution is -0.113. The van der Waals surface area contributed by atoms with Gasteiger partial charge >= 0.3 is 0 Å². The first-order chi connectivity index (χ1) is 10.8. The van der Waals surface area contributed by atoms with E-state index in [2.05, 4.69) is 38.0 Å². The van der Waals surface area contributed by atoms with Crippen molar-refractivity contribution in [3.05, 3.63) is 5.01 Å². The number of anilines is 1. The molecule has 1 fully saturated rings. The van der Waals surface area contributed by atoms with E-state index in [1.54, 1.807) is 4.68 Å². The number of tetrazole rings is 1. The number of amides is 1. The largest absolute Gasteiger partial charge is 0.300 e. The van der Waals surface area contributed by atoms with E-state index in [-0.39, 0.29) is 11.7 Å². The second-order valence-electron chi connectivity index (χ2n) is 5.08. The maximum Gasteiger partial charge on any atom is 0.236 e. The first-order valence-corrected chi connectivity index (χ1v) is 9.09. The SMILES string of the molecule is CCCCc1nnc(NC(=O)CSc2nnnn2C2CC2)s1. The lowest BCUT2D eigenvalue weighted by atomic mass is 10.3. The molecule has 0 aliphatic heterocycles. The van der Waals surface area contributed by atoms with Crippen LogP contribution in [0.25, 0.3) is 0 Å². The lowest BCUT2D eigenvalue weighted by Gasteiger charge is -2.02. The van der Waals surface area contributed by atoms with E-state index in [1.165, 1.54) is 23.1 Å². The number of nitrogens with zero attached hydrogens (tertiary/aromatic N) is 6. The van der Waals surface area contributed by atoms with Gasteiger partial charge in [0.2, 0.25) is 16.2 Å². The summed E-state index contributed by atoms with van der Waals surface area (Å²) in [5.74, 6) is 0.144. The van der Waals surface area contributed by atoms with Gasteiger partial charge in [-0.15, -0.1) is 15.3 Å². The van der Waals surface area contributed by atoms with Gasteiger partial charge < -0.3 is 0 Å². The zero-order chi connectivity index (χ0) is 15.4. The van der Waals surface area contributed by atoms with Crippen molar-refractivity contribution in [2.45, 2.75) is 50.2 Å². The average Bonchev–Trinajstić information content (AvgIpc) is 3.08. The molecule has 1 N–H and O–H groups in total. The van der Waals surface area contributed by atoms with Gasteiger partial charge in [-0.25, -0.2) is 4.68 Å². The molecule has 8 nitrogen and oxygen atoms in total. The molecule has 1 aliphatic rings. The van der Waals surface area contributed by atoms with Gasteiger partial charge in [0.05, 0.1) is 11.8 Å². The monoisotopic (exact) mass is 339 g/mol. The van der Waals surface area contributed by atoms with Crippen LogP contribution in [0.15, 0.2) is 5.16 Å². The number of hydrogen-bond acceptors (Lipinski definition) is 8. The highest BCUT2D eigenvalue weighted by Gasteiger charge is 2.28.